The van der Waals surface area contributed by atoms with Crippen molar-refractivity contribution in [2.45, 2.75) is 63.5 Å². The van der Waals surface area contributed by atoms with Crippen LogP contribution in [0.5, 0.6) is 0 Å². The van der Waals surface area contributed by atoms with Crippen LogP contribution in [0, 0.1) is 5.41 Å². The van der Waals surface area contributed by atoms with Crippen molar-refractivity contribution in [3.8, 4) is 0 Å². The zero-order valence-corrected chi connectivity index (χ0v) is 24.3. The molecule has 0 unspecified atom stereocenters. The quantitative estimate of drug-likeness (QED) is 0.0804. The molecule has 11 nitrogen and oxygen atoms in total. The second kappa shape index (κ2) is 15.8. The van der Waals surface area contributed by atoms with Crippen LogP contribution in [0.2, 0.25) is 0 Å². The van der Waals surface area contributed by atoms with Gasteiger partial charge in [0.15, 0.2) is 0 Å². The Balaban J connectivity index is 1.73. The predicted octanol–water partition coefficient (Wildman–Crippen LogP) is 3.14. The first-order chi connectivity index (χ1) is 20.2. The zero-order chi connectivity index (χ0) is 30.5. The SMILES string of the molecule is C=CCOC(=O)C[C@@H](CC(=O)C1(C(=O)N[C@@H](CCCNC(N)=O)C(=O)Nc2ccc(CO)cc2)CCC1)c1ccsc1. The van der Waals surface area contributed by atoms with E-state index in [9.17, 15) is 29.1 Å². The molecule has 0 radical (unpaired) electrons. The Labute approximate surface area is 248 Å². The molecule has 1 fully saturated rings. The van der Waals surface area contributed by atoms with Crippen LogP contribution in [0.3, 0.4) is 0 Å². The number of ketones is 1. The molecule has 1 saturated carbocycles. The van der Waals surface area contributed by atoms with Crippen LogP contribution in [-0.2, 0) is 30.5 Å². The van der Waals surface area contributed by atoms with Gasteiger partial charge in [0.25, 0.3) is 0 Å². The summed E-state index contributed by atoms with van der Waals surface area (Å²) in [6.07, 6.45) is 3.33. The molecule has 1 aliphatic rings. The third-order valence-electron chi connectivity index (χ3n) is 7.39. The molecule has 226 valence electrons. The number of Topliss-reactive ketones (excluding diaryl/α,β-unsaturated/α-hetero) is 1. The zero-order valence-electron chi connectivity index (χ0n) is 23.4. The van der Waals surface area contributed by atoms with Gasteiger partial charge in [0.1, 0.15) is 23.8 Å². The van der Waals surface area contributed by atoms with Gasteiger partial charge in [-0.1, -0.05) is 31.2 Å². The van der Waals surface area contributed by atoms with E-state index in [2.05, 4.69) is 22.5 Å². The molecule has 0 bridgehead atoms. The minimum Gasteiger partial charge on any atom is -0.461 e. The Morgan fingerprint density at radius 3 is 2.43 bits per heavy atom. The van der Waals surface area contributed by atoms with Crippen molar-refractivity contribution in [2.75, 3.05) is 18.5 Å². The highest BCUT2D eigenvalue weighted by atomic mass is 32.1. The van der Waals surface area contributed by atoms with Gasteiger partial charge in [0.2, 0.25) is 11.8 Å². The van der Waals surface area contributed by atoms with E-state index in [0.717, 1.165) is 5.56 Å². The van der Waals surface area contributed by atoms with Crippen molar-refractivity contribution in [3.63, 3.8) is 0 Å². The number of carbonyl (C=O) groups is 5. The normalized spacial score (nSPS) is 14.9. The third kappa shape index (κ3) is 8.98. The largest absolute Gasteiger partial charge is 0.461 e. The molecule has 0 saturated heterocycles. The van der Waals surface area contributed by atoms with Gasteiger partial charge >= 0.3 is 12.0 Å². The number of thiophene rings is 1. The molecule has 3 rings (SSSR count). The standard InChI is InChI=1S/C30H38N4O7S/c1-2-14-41-26(37)17-22(21-10-15-42-19-21)16-25(36)30(11-4-12-30)28(39)34-24(5-3-13-32-29(31)40)27(38)33-23-8-6-20(18-35)7-9-23/h2,6-10,15,19,22,24,35H,1,3-5,11-14,16-18H2,(H,33,38)(H,34,39)(H3,31,32,40)/t22-,24+/m1/s1. The second-order valence-corrected chi connectivity index (χ2v) is 11.1. The summed E-state index contributed by atoms with van der Waals surface area (Å²) in [5.74, 6) is -2.21. The van der Waals surface area contributed by atoms with Gasteiger partial charge in [-0.3, -0.25) is 19.2 Å². The number of hydrogen-bond donors (Lipinski definition) is 5. The Kier molecular flexibility index (Phi) is 12.2. The van der Waals surface area contributed by atoms with E-state index in [4.69, 9.17) is 10.5 Å². The van der Waals surface area contributed by atoms with Gasteiger partial charge in [-0.25, -0.2) is 4.79 Å². The summed E-state index contributed by atoms with van der Waals surface area (Å²) in [5, 5.41) is 21.0. The number of esters is 1. The number of urea groups is 1. The van der Waals surface area contributed by atoms with Gasteiger partial charge in [0.05, 0.1) is 13.0 Å². The predicted molar refractivity (Wildman–Crippen MR) is 158 cm³/mol. The monoisotopic (exact) mass is 598 g/mol. The van der Waals surface area contributed by atoms with Crippen molar-refractivity contribution in [1.29, 1.82) is 0 Å². The number of aliphatic hydroxyl groups is 1. The Morgan fingerprint density at radius 2 is 1.86 bits per heavy atom. The minimum atomic E-state index is -1.30. The van der Waals surface area contributed by atoms with Crippen molar-refractivity contribution in [1.82, 2.24) is 10.6 Å². The third-order valence-corrected chi connectivity index (χ3v) is 8.09. The van der Waals surface area contributed by atoms with Gasteiger partial charge in [-0.2, -0.15) is 11.3 Å². The lowest BCUT2D eigenvalue weighted by molar-refractivity contribution is -0.150. The molecule has 4 amide bonds. The molecule has 1 aromatic heterocycles. The van der Waals surface area contributed by atoms with E-state index in [1.807, 2.05) is 16.8 Å². The number of aliphatic hydroxyl groups excluding tert-OH is 1. The van der Waals surface area contributed by atoms with Crippen LogP contribution in [-0.4, -0.2) is 53.9 Å². The topological polar surface area (TPSA) is 177 Å². The number of amides is 4. The number of nitrogens with one attached hydrogen (secondary N) is 3. The first-order valence-electron chi connectivity index (χ1n) is 13.9. The number of carbonyl (C=O) groups excluding carboxylic acids is 5. The summed E-state index contributed by atoms with van der Waals surface area (Å²) >= 11 is 1.45. The highest BCUT2D eigenvalue weighted by molar-refractivity contribution is 7.08. The van der Waals surface area contributed by atoms with E-state index in [1.54, 1.807) is 24.3 Å². The van der Waals surface area contributed by atoms with Crippen LogP contribution in [0.4, 0.5) is 10.5 Å². The fourth-order valence-corrected chi connectivity index (χ4v) is 5.56. The number of primary amides is 1. The highest BCUT2D eigenvalue weighted by Crippen LogP contribution is 2.45. The van der Waals surface area contributed by atoms with E-state index >= 15 is 0 Å². The van der Waals surface area contributed by atoms with Crippen LogP contribution in [0.25, 0.3) is 0 Å². The number of benzene rings is 1. The molecule has 0 aliphatic heterocycles. The van der Waals surface area contributed by atoms with Crippen molar-refractivity contribution >= 4 is 46.6 Å². The number of hydrogen-bond acceptors (Lipinski definition) is 8. The number of rotatable bonds is 17. The molecule has 42 heavy (non-hydrogen) atoms. The van der Waals surface area contributed by atoms with Gasteiger partial charge in [-0.05, 0) is 65.8 Å². The lowest BCUT2D eigenvalue weighted by Gasteiger charge is -2.40. The van der Waals surface area contributed by atoms with Crippen LogP contribution in [0.15, 0.2) is 53.7 Å². The molecular weight excluding hydrogens is 560 g/mol. The fraction of sp³-hybridized carbons (Fsp3) is 0.433. The molecule has 0 spiro atoms. The minimum absolute atomic E-state index is 0.0129. The smallest absolute Gasteiger partial charge is 0.312 e. The van der Waals surface area contributed by atoms with Crippen LogP contribution < -0.4 is 21.7 Å². The number of ether oxygens (including phenoxy) is 1. The Morgan fingerprint density at radius 1 is 1.12 bits per heavy atom. The fourth-order valence-electron chi connectivity index (χ4n) is 4.82. The first kappa shape index (κ1) is 32.5. The number of anilines is 1. The van der Waals surface area contributed by atoms with Gasteiger partial charge in [0, 0.05) is 24.6 Å². The van der Waals surface area contributed by atoms with Crippen LogP contribution in [0.1, 0.15) is 62.0 Å². The summed E-state index contributed by atoms with van der Waals surface area (Å²) in [7, 11) is 0. The second-order valence-electron chi connectivity index (χ2n) is 10.3. The Hall–Kier alpha value is -4.03. The maximum Gasteiger partial charge on any atom is 0.312 e. The van der Waals surface area contributed by atoms with E-state index < -0.39 is 41.2 Å². The average molecular weight is 599 g/mol. The van der Waals surface area contributed by atoms with Gasteiger partial charge < -0.3 is 31.5 Å². The molecule has 1 aliphatic carbocycles. The first-order valence-corrected chi connectivity index (χ1v) is 14.8. The summed E-state index contributed by atoms with van der Waals surface area (Å²) in [5.41, 5.74) is 5.81. The summed E-state index contributed by atoms with van der Waals surface area (Å²) in [6.45, 7) is 3.67. The van der Waals surface area contributed by atoms with Gasteiger partial charge in [-0.15, -0.1) is 0 Å². The lowest BCUT2D eigenvalue weighted by atomic mass is 9.63. The molecular formula is C30H38N4O7S. The van der Waals surface area contributed by atoms with Crippen molar-refractivity contribution < 1.29 is 33.8 Å². The van der Waals surface area contributed by atoms with Crippen LogP contribution >= 0.6 is 11.3 Å². The molecule has 6 N–H and O–H groups in total. The van der Waals surface area contributed by atoms with E-state index in [-0.39, 0.29) is 44.8 Å². The lowest BCUT2D eigenvalue weighted by Crippen LogP contribution is -2.56. The maximum absolute atomic E-state index is 13.7. The maximum atomic E-state index is 13.7. The average Bonchev–Trinajstić information content (AvgIpc) is 3.48. The highest BCUT2D eigenvalue weighted by Gasteiger charge is 2.51. The van der Waals surface area contributed by atoms with E-state index in [1.165, 1.54) is 17.4 Å². The Bertz CT molecular complexity index is 1240. The molecule has 2 aromatic rings. The molecule has 1 heterocycles. The van der Waals surface area contributed by atoms with Crippen molar-refractivity contribution in [2.24, 2.45) is 11.1 Å². The van der Waals surface area contributed by atoms with Crippen molar-refractivity contribution in [3.05, 3.63) is 64.9 Å². The summed E-state index contributed by atoms with van der Waals surface area (Å²) in [6, 6.07) is 6.77. The number of nitrogens with two attached hydrogens (primary N) is 1. The molecule has 1 aromatic carbocycles. The molecule has 12 heteroatoms. The molecule has 2 atom stereocenters. The summed E-state index contributed by atoms with van der Waals surface area (Å²) in [4.78, 5) is 64.1. The van der Waals surface area contributed by atoms with E-state index in [0.29, 0.717) is 36.9 Å². The summed E-state index contributed by atoms with van der Waals surface area (Å²) < 4.78 is 5.14.